The van der Waals surface area contributed by atoms with E-state index in [4.69, 9.17) is 0 Å². The second-order valence-corrected chi connectivity index (χ2v) is 4.17. The van der Waals surface area contributed by atoms with Gasteiger partial charge in [0.2, 0.25) is 0 Å². The first-order valence-corrected chi connectivity index (χ1v) is 5.34. The van der Waals surface area contributed by atoms with Gasteiger partial charge in [0.05, 0.1) is 0 Å². The summed E-state index contributed by atoms with van der Waals surface area (Å²) in [6.45, 7) is 5.73. The summed E-state index contributed by atoms with van der Waals surface area (Å²) in [5.74, 6) is 2.14. The van der Waals surface area contributed by atoms with Gasteiger partial charge in [-0.25, -0.2) is 4.98 Å². The third-order valence-electron chi connectivity index (χ3n) is 2.90. The molecular weight excluding hydrogens is 160 g/mol. The van der Waals surface area contributed by atoms with Gasteiger partial charge in [0.15, 0.2) is 0 Å². The molecule has 1 aromatic heterocycles. The van der Waals surface area contributed by atoms with Crippen molar-refractivity contribution in [2.45, 2.75) is 46.1 Å². The molecule has 0 aliphatic carbocycles. The molecule has 2 heterocycles. The maximum absolute atomic E-state index is 4.48. The number of fused-ring (bicyclic) bond motifs is 1. The maximum atomic E-state index is 4.48. The molecule has 0 saturated heterocycles. The molecule has 72 valence electrons. The molecule has 2 heteroatoms. The zero-order valence-corrected chi connectivity index (χ0v) is 8.58. The third kappa shape index (κ3) is 1.62. The lowest BCUT2D eigenvalue weighted by Gasteiger charge is -2.21. The zero-order chi connectivity index (χ0) is 9.26. The highest BCUT2D eigenvalue weighted by Gasteiger charge is 2.17. The van der Waals surface area contributed by atoms with Crippen LogP contribution in [0.5, 0.6) is 0 Å². The molecule has 0 fully saturated rings. The molecule has 0 amide bonds. The Morgan fingerprint density at radius 1 is 1.62 bits per heavy atom. The maximum Gasteiger partial charge on any atom is 0.108 e. The Morgan fingerprint density at radius 2 is 2.46 bits per heavy atom. The minimum atomic E-state index is 0.846. The van der Waals surface area contributed by atoms with E-state index < -0.39 is 0 Å². The molecule has 1 atom stereocenters. The van der Waals surface area contributed by atoms with Gasteiger partial charge in [-0.1, -0.05) is 13.8 Å². The van der Waals surface area contributed by atoms with Gasteiger partial charge in [-0.2, -0.15) is 0 Å². The van der Waals surface area contributed by atoms with E-state index in [-0.39, 0.29) is 0 Å². The molecule has 0 spiro atoms. The summed E-state index contributed by atoms with van der Waals surface area (Å²) in [5.41, 5.74) is 1.45. The van der Waals surface area contributed by atoms with Crippen molar-refractivity contribution >= 4 is 0 Å². The molecule has 0 aromatic carbocycles. The fourth-order valence-corrected chi connectivity index (χ4v) is 2.12. The molecule has 2 rings (SSSR count). The lowest BCUT2D eigenvalue weighted by molar-refractivity contribution is 0.408. The van der Waals surface area contributed by atoms with Gasteiger partial charge in [0.25, 0.3) is 0 Å². The van der Waals surface area contributed by atoms with Gasteiger partial charge in [-0.05, 0) is 25.2 Å². The van der Waals surface area contributed by atoms with Crippen molar-refractivity contribution in [3.63, 3.8) is 0 Å². The lowest BCUT2D eigenvalue weighted by atomic mass is 9.98. The van der Waals surface area contributed by atoms with Crippen molar-refractivity contribution in [2.24, 2.45) is 5.92 Å². The van der Waals surface area contributed by atoms with Gasteiger partial charge in [0, 0.05) is 24.9 Å². The van der Waals surface area contributed by atoms with Crippen LogP contribution in [0.4, 0.5) is 0 Å². The van der Waals surface area contributed by atoms with Crippen molar-refractivity contribution < 1.29 is 0 Å². The molecular formula is C11H18N2. The van der Waals surface area contributed by atoms with Crippen LogP contribution in [-0.4, -0.2) is 9.55 Å². The van der Waals surface area contributed by atoms with Gasteiger partial charge in [-0.15, -0.1) is 0 Å². The van der Waals surface area contributed by atoms with Crippen LogP contribution >= 0.6 is 0 Å². The Balaban J connectivity index is 2.23. The summed E-state index contributed by atoms with van der Waals surface area (Å²) >= 11 is 0. The zero-order valence-electron chi connectivity index (χ0n) is 8.58. The van der Waals surface area contributed by atoms with Gasteiger partial charge >= 0.3 is 0 Å². The van der Waals surface area contributed by atoms with E-state index in [0.29, 0.717) is 0 Å². The molecule has 1 aromatic rings. The minimum absolute atomic E-state index is 0.846. The Hall–Kier alpha value is -0.790. The molecule has 1 aliphatic heterocycles. The van der Waals surface area contributed by atoms with E-state index in [1.807, 2.05) is 0 Å². The summed E-state index contributed by atoms with van der Waals surface area (Å²) in [6, 6.07) is 0. The second-order valence-electron chi connectivity index (χ2n) is 4.17. The van der Waals surface area contributed by atoms with Crippen LogP contribution in [0.15, 0.2) is 6.20 Å². The smallest absolute Gasteiger partial charge is 0.108 e. The number of imidazole rings is 1. The van der Waals surface area contributed by atoms with Crippen molar-refractivity contribution in [2.75, 3.05) is 0 Å². The molecule has 0 saturated carbocycles. The summed E-state index contributed by atoms with van der Waals surface area (Å²) in [6.07, 6.45) is 6.94. The van der Waals surface area contributed by atoms with Gasteiger partial charge in [-0.3, -0.25) is 0 Å². The molecule has 0 N–H and O–H groups in total. The van der Waals surface area contributed by atoms with E-state index in [9.17, 15) is 0 Å². The number of hydrogen-bond acceptors (Lipinski definition) is 1. The third-order valence-corrected chi connectivity index (χ3v) is 2.90. The van der Waals surface area contributed by atoms with E-state index >= 15 is 0 Å². The van der Waals surface area contributed by atoms with Crippen molar-refractivity contribution in [1.82, 2.24) is 9.55 Å². The largest absolute Gasteiger partial charge is 0.332 e. The van der Waals surface area contributed by atoms with Crippen LogP contribution in [0.3, 0.4) is 0 Å². The van der Waals surface area contributed by atoms with Crippen LogP contribution < -0.4 is 0 Å². The Kier molecular flexibility index (Phi) is 2.38. The van der Waals surface area contributed by atoms with Crippen LogP contribution in [0.25, 0.3) is 0 Å². The monoisotopic (exact) mass is 178 g/mol. The van der Waals surface area contributed by atoms with Crippen molar-refractivity contribution in [1.29, 1.82) is 0 Å². The lowest BCUT2D eigenvalue weighted by Crippen LogP contribution is -2.18. The number of nitrogens with zero attached hydrogens (tertiary/aromatic N) is 2. The Morgan fingerprint density at radius 3 is 3.23 bits per heavy atom. The Labute approximate surface area is 80.0 Å². The SMILES string of the molecule is CCCc1ncc2n1CCC(C)C2. The average Bonchev–Trinajstić information content (AvgIpc) is 2.49. The highest BCUT2D eigenvalue weighted by atomic mass is 15.1. The molecule has 0 bridgehead atoms. The van der Waals surface area contributed by atoms with Gasteiger partial charge in [0.1, 0.15) is 5.82 Å². The molecule has 0 radical (unpaired) electrons. The van der Waals surface area contributed by atoms with E-state index in [1.54, 1.807) is 0 Å². The molecule has 13 heavy (non-hydrogen) atoms. The van der Waals surface area contributed by atoms with E-state index in [2.05, 4.69) is 29.6 Å². The standard InChI is InChI=1S/C11H18N2/c1-3-4-11-12-8-10-7-9(2)5-6-13(10)11/h8-9H,3-7H2,1-2H3. The number of aromatic nitrogens is 2. The normalized spacial score (nSPS) is 21.5. The van der Waals surface area contributed by atoms with Crippen molar-refractivity contribution in [3.8, 4) is 0 Å². The summed E-state index contributed by atoms with van der Waals surface area (Å²) in [4.78, 5) is 4.48. The number of aryl methyl sites for hydroxylation is 1. The summed E-state index contributed by atoms with van der Waals surface area (Å²) in [7, 11) is 0. The first-order chi connectivity index (χ1) is 6.31. The number of hydrogen-bond donors (Lipinski definition) is 0. The fourth-order valence-electron chi connectivity index (χ4n) is 2.12. The fraction of sp³-hybridized carbons (Fsp3) is 0.727. The van der Waals surface area contributed by atoms with Crippen molar-refractivity contribution in [3.05, 3.63) is 17.7 Å². The molecule has 1 unspecified atom stereocenters. The number of rotatable bonds is 2. The predicted octanol–water partition coefficient (Wildman–Crippen LogP) is 2.42. The van der Waals surface area contributed by atoms with E-state index in [1.165, 1.54) is 37.3 Å². The minimum Gasteiger partial charge on any atom is -0.332 e. The van der Waals surface area contributed by atoms with Crippen LogP contribution in [0.1, 0.15) is 38.2 Å². The van der Waals surface area contributed by atoms with Crippen LogP contribution in [0, 0.1) is 5.92 Å². The second kappa shape index (κ2) is 3.52. The van der Waals surface area contributed by atoms with Gasteiger partial charge < -0.3 is 4.57 Å². The topological polar surface area (TPSA) is 17.8 Å². The summed E-state index contributed by atoms with van der Waals surface area (Å²) in [5, 5.41) is 0. The van der Waals surface area contributed by atoms with E-state index in [0.717, 1.165) is 12.3 Å². The summed E-state index contributed by atoms with van der Waals surface area (Å²) < 4.78 is 2.42. The van der Waals surface area contributed by atoms with Crippen LogP contribution in [-0.2, 0) is 19.4 Å². The first-order valence-electron chi connectivity index (χ1n) is 5.34. The quantitative estimate of drug-likeness (QED) is 0.680. The Bertz CT molecular complexity index is 275. The molecule has 1 aliphatic rings. The highest BCUT2D eigenvalue weighted by Crippen LogP contribution is 2.21. The van der Waals surface area contributed by atoms with Crippen LogP contribution in [0.2, 0.25) is 0 Å². The first kappa shape index (κ1) is 8.79. The highest BCUT2D eigenvalue weighted by molar-refractivity contribution is 5.08. The predicted molar refractivity (Wildman–Crippen MR) is 53.7 cm³/mol. The average molecular weight is 178 g/mol. The molecule has 2 nitrogen and oxygen atoms in total.